The molecule has 2 aliphatic heterocycles. The van der Waals surface area contributed by atoms with Gasteiger partial charge in [0.15, 0.2) is 5.78 Å². The SMILES string of the molecule is C=C1[C@H](C(=O)OCc2ccccc2)[C@@]2(C)CCC(=O)[C@]1(C(=O)OCC)O2. The Morgan fingerprint density at radius 1 is 1.27 bits per heavy atom. The van der Waals surface area contributed by atoms with Crippen molar-refractivity contribution in [2.45, 2.75) is 44.5 Å². The van der Waals surface area contributed by atoms with Crippen LogP contribution in [0.25, 0.3) is 0 Å². The average molecular weight is 358 g/mol. The number of Topliss-reactive ketones (excluding diaryl/α,β-unsaturated/α-hetero) is 1. The molecule has 2 heterocycles. The smallest absolute Gasteiger partial charge is 0.350 e. The molecule has 1 aromatic carbocycles. The van der Waals surface area contributed by atoms with Crippen LogP contribution >= 0.6 is 0 Å². The first-order valence-corrected chi connectivity index (χ1v) is 8.65. The molecule has 0 radical (unpaired) electrons. The zero-order valence-corrected chi connectivity index (χ0v) is 14.9. The summed E-state index contributed by atoms with van der Waals surface area (Å²) in [4.78, 5) is 37.8. The summed E-state index contributed by atoms with van der Waals surface area (Å²) in [6, 6.07) is 9.26. The second-order valence-electron chi connectivity index (χ2n) is 6.79. The molecule has 0 spiro atoms. The molecule has 26 heavy (non-hydrogen) atoms. The highest BCUT2D eigenvalue weighted by atomic mass is 16.6. The van der Waals surface area contributed by atoms with Gasteiger partial charge < -0.3 is 14.2 Å². The van der Waals surface area contributed by atoms with Gasteiger partial charge in [0.05, 0.1) is 12.2 Å². The van der Waals surface area contributed by atoms with E-state index >= 15 is 0 Å². The van der Waals surface area contributed by atoms with Crippen molar-refractivity contribution in [1.82, 2.24) is 0 Å². The summed E-state index contributed by atoms with van der Waals surface area (Å²) < 4.78 is 16.4. The number of carbonyl (C=O) groups is 3. The van der Waals surface area contributed by atoms with Crippen LogP contribution in [0.15, 0.2) is 42.5 Å². The van der Waals surface area contributed by atoms with Crippen LogP contribution in [0.2, 0.25) is 0 Å². The Morgan fingerprint density at radius 3 is 2.62 bits per heavy atom. The zero-order chi connectivity index (χ0) is 18.9. The number of esters is 2. The number of ether oxygens (including phenoxy) is 3. The lowest BCUT2D eigenvalue weighted by Gasteiger charge is -2.35. The Hall–Kier alpha value is -2.47. The van der Waals surface area contributed by atoms with Crippen molar-refractivity contribution in [3.05, 3.63) is 48.0 Å². The summed E-state index contributed by atoms with van der Waals surface area (Å²) in [6.07, 6.45) is 0.438. The van der Waals surface area contributed by atoms with Gasteiger partial charge in [-0.15, -0.1) is 0 Å². The van der Waals surface area contributed by atoms with E-state index in [4.69, 9.17) is 14.2 Å². The van der Waals surface area contributed by atoms with E-state index in [0.717, 1.165) is 5.56 Å². The highest BCUT2D eigenvalue weighted by Gasteiger charge is 2.69. The summed E-state index contributed by atoms with van der Waals surface area (Å²) in [5, 5.41) is 0. The summed E-state index contributed by atoms with van der Waals surface area (Å²) in [6.45, 7) is 7.43. The molecule has 0 amide bonds. The molecule has 6 heteroatoms. The predicted octanol–water partition coefficient (Wildman–Crippen LogP) is 2.36. The first-order valence-electron chi connectivity index (χ1n) is 8.65. The Morgan fingerprint density at radius 2 is 1.96 bits per heavy atom. The lowest BCUT2D eigenvalue weighted by molar-refractivity contribution is -0.191. The van der Waals surface area contributed by atoms with Gasteiger partial charge in [0.2, 0.25) is 5.60 Å². The number of rotatable bonds is 5. The van der Waals surface area contributed by atoms with Crippen LogP contribution in [0, 0.1) is 5.92 Å². The fourth-order valence-corrected chi connectivity index (χ4v) is 3.74. The number of hydrogen-bond acceptors (Lipinski definition) is 6. The van der Waals surface area contributed by atoms with E-state index in [9.17, 15) is 14.4 Å². The molecule has 2 bridgehead atoms. The first kappa shape index (κ1) is 18.3. The number of hydrogen-bond donors (Lipinski definition) is 0. The second kappa shape index (κ2) is 6.68. The molecule has 0 unspecified atom stereocenters. The van der Waals surface area contributed by atoms with Crippen molar-refractivity contribution >= 4 is 17.7 Å². The maximum absolute atomic E-state index is 12.8. The average Bonchev–Trinajstić information content (AvgIpc) is 2.83. The third-order valence-electron chi connectivity index (χ3n) is 5.06. The van der Waals surface area contributed by atoms with E-state index in [1.807, 2.05) is 30.3 Å². The van der Waals surface area contributed by atoms with Gasteiger partial charge in [-0.05, 0) is 31.4 Å². The maximum atomic E-state index is 12.8. The van der Waals surface area contributed by atoms with Crippen LogP contribution in [-0.2, 0) is 35.2 Å². The summed E-state index contributed by atoms with van der Waals surface area (Å²) in [5.74, 6) is -2.68. The van der Waals surface area contributed by atoms with E-state index in [1.165, 1.54) is 0 Å². The molecule has 2 fully saturated rings. The largest absolute Gasteiger partial charge is 0.463 e. The van der Waals surface area contributed by atoms with Crippen molar-refractivity contribution < 1.29 is 28.6 Å². The maximum Gasteiger partial charge on any atom is 0.350 e. The third kappa shape index (κ3) is 2.74. The topological polar surface area (TPSA) is 78.9 Å². The summed E-state index contributed by atoms with van der Waals surface area (Å²) in [7, 11) is 0. The van der Waals surface area contributed by atoms with Crippen molar-refractivity contribution in [1.29, 1.82) is 0 Å². The highest BCUT2D eigenvalue weighted by Crippen LogP contribution is 2.53. The minimum atomic E-state index is -1.90. The van der Waals surface area contributed by atoms with Crippen LogP contribution < -0.4 is 0 Å². The van der Waals surface area contributed by atoms with Gasteiger partial charge in [0.1, 0.15) is 12.5 Å². The Bertz CT molecular complexity index is 755. The van der Waals surface area contributed by atoms with Gasteiger partial charge in [0, 0.05) is 6.42 Å². The molecular formula is C20H22O6. The third-order valence-corrected chi connectivity index (χ3v) is 5.06. The standard InChI is InChI=1S/C20H22O6/c1-4-24-18(23)20-13(2)16(19(3,26-20)11-10-15(20)21)17(22)25-12-14-8-6-5-7-9-14/h5-9,16H,2,4,10-12H2,1,3H3/t16-,19-,20-/m1/s1. The molecule has 3 atom stereocenters. The van der Waals surface area contributed by atoms with Gasteiger partial charge in [-0.1, -0.05) is 36.9 Å². The van der Waals surface area contributed by atoms with E-state index in [2.05, 4.69) is 6.58 Å². The molecule has 0 N–H and O–H groups in total. The van der Waals surface area contributed by atoms with Gasteiger partial charge in [-0.25, -0.2) is 4.79 Å². The lowest BCUT2D eigenvalue weighted by atomic mass is 9.82. The van der Waals surface area contributed by atoms with Crippen molar-refractivity contribution in [2.24, 2.45) is 5.92 Å². The molecule has 0 saturated carbocycles. The number of fused-ring (bicyclic) bond motifs is 2. The number of benzene rings is 1. The fraction of sp³-hybridized carbons (Fsp3) is 0.450. The van der Waals surface area contributed by atoms with Crippen molar-refractivity contribution in [3.8, 4) is 0 Å². The number of ketones is 1. The van der Waals surface area contributed by atoms with Crippen molar-refractivity contribution in [2.75, 3.05) is 6.61 Å². The molecule has 138 valence electrons. The fourth-order valence-electron chi connectivity index (χ4n) is 3.74. The highest BCUT2D eigenvalue weighted by molar-refractivity contribution is 6.13. The Labute approximate surface area is 152 Å². The molecule has 2 saturated heterocycles. The molecule has 0 aromatic heterocycles. The van der Waals surface area contributed by atoms with Crippen LogP contribution in [-0.4, -0.2) is 35.5 Å². The Balaban J connectivity index is 1.85. The van der Waals surface area contributed by atoms with Gasteiger partial charge >= 0.3 is 11.9 Å². The molecule has 0 aliphatic carbocycles. The van der Waals surface area contributed by atoms with Crippen LogP contribution in [0.4, 0.5) is 0 Å². The molecule has 3 rings (SSSR count). The van der Waals surface area contributed by atoms with Crippen LogP contribution in [0.1, 0.15) is 32.3 Å². The van der Waals surface area contributed by atoms with E-state index in [1.54, 1.807) is 13.8 Å². The minimum Gasteiger partial charge on any atom is -0.463 e. The number of carbonyl (C=O) groups excluding carboxylic acids is 3. The van der Waals surface area contributed by atoms with E-state index in [0.29, 0.717) is 6.42 Å². The Kier molecular flexibility index (Phi) is 4.71. The second-order valence-corrected chi connectivity index (χ2v) is 6.79. The van der Waals surface area contributed by atoms with E-state index in [-0.39, 0.29) is 25.2 Å². The summed E-state index contributed by atoms with van der Waals surface area (Å²) in [5.41, 5.74) is -1.97. The quantitative estimate of drug-likeness (QED) is 0.457. The monoisotopic (exact) mass is 358 g/mol. The van der Waals surface area contributed by atoms with Crippen LogP contribution in [0.5, 0.6) is 0 Å². The normalized spacial score (nSPS) is 30.2. The van der Waals surface area contributed by atoms with Crippen LogP contribution in [0.3, 0.4) is 0 Å². The zero-order valence-electron chi connectivity index (χ0n) is 14.9. The molecular weight excluding hydrogens is 336 g/mol. The summed E-state index contributed by atoms with van der Waals surface area (Å²) >= 11 is 0. The van der Waals surface area contributed by atoms with Gasteiger partial charge in [0.25, 0.3) is 0 Å². The molecule has 2 aliphatic rings. The first-order chi connectivity index (χ1) is 12.3. The molecule has 1 aromatic rings. The minimum absolute atomic E-state index is 0.0971. The lowest BCUT2D eigenvalue weighted by Crippen LogP contribution is -2.53. The van der Waals surface area contributed by atoms with Gasteiger partial charge in [-0.2, -0.15) is 0 Å². The van der Waals surface area contributed by atoms with Crippen molar-refractivity contribution in [3.63, 3.8) is 0 Å². The molecule has 6 nitrogen and oxygen atoms in total. The van der Waals surface area contributed by atoms with E-state index < -0.39 is 34.8 Å². The predicted molar refractivity (Wildman–Crippen MR) is 92.0 cm³/mol. The van der Waals surface area contributed by atoms with Gasteiger partial charge in [-0.3, -0.25) is 9.59 Å².